The molecular formula is C22H23NO4S. The molecule has 0 saturated carbocycles. The number of hydrogen-bond donors (Lipinski definition) is 0. The van der Waals surface area contributed by atoms with Crippen molar-refractivity contribution in [1.29, 1.82) is 0 Å². The van der Waals surface area contributed by atoms with Crippen LogP contribution in [0.3, 0.4) is 0 Å². The average molecular weight is 397 g/mol. The first-order valence-corrected chi connectivity index (χ1v) is 10.2. The summed E-state index contributed by atoms with van der Waals surface area (Å²) >= 11 is 1.70. The third-order valence-electron chi connectivity index (χ3n) is 4.31. The summed E-state index contributed by atoms with van der Waals surface area (Å²) in [5, 5.41) is 0.890. The van der Waals surface area contributed by atoms with Gasteiger partial charge in [0.25, 0.3) is 5.91 Å². The summed E-state index contributed by atoms with van der Waals surface area (Å²) < 4.78 is 11.2. The summed E-state index contributed by atoms with van der Waals surface area (Å²) in [6.07, 6.45) is -0.875. The Morgan fingerprint density at radius 2 is 1.71 bits per heavy atom. The van der Waals surface area contributed by atoms with E-state index in [2.05, 4.69) is 12.1 Å². The van der Waals surface area contributed by atoms with Gasteiger partial charge in [-0.3, -0.25) is 4.79 Å². The van der Waals surface area contributed by atoms with Crippen molar-refractivity contribution in [2.45, 2.75) is 24.5 Å². The van der Waals surface area contributed by atoms with E-state index in [0.29, 0.717) is 11.3 Å². The fourth-order valence-corrected chi connectivity index (χ4v) is 3.90. The Balaban J connectivity index is 1.80. The molecule has 3 aromatic rings. The van der Waals surface area contributed by atoms with Gasteiger partial charge in [-0.05, 0) is 18.6 Å². The van der Waals surface area contributed by atoms with Crippen LogP contribution >= 0.6 is 11.8 Å². The van der Waals surface area contributed by atoms with Crippen LogP contribution in [0.4, 0.5) is 0 Å². The Morgan fingerprint density at radius 3 is 2.43 bits per heavy atom. The van der Waals surface area contributed by atoms with Crippen LogP contribution in [-0.2, 0) is 21.0 Å². The molecule has 6 heteroatoms. The van der Waals surface area contributed by atoms with Crippen molar-refractivity contribution in [3.8, 4) is 0 Å². The Labute approximate surface area is 168 Å². The molecule has 0 fully saturated rings. The number of ether oxygens (including phenoxy) is 1. The highest BCUT2D eigenvalue weighted by Crippen LogP contribution is 2.31. The Kier molecular flexibility index (Phi) is 6.41. The van der Waals surface area contributed by atoms with Gasteiger partial charge in [0.15, 0.2) is 6.10 Å². The summed E-state index contributed by atoms with van der Waals surface area (Å²) in [7, 11) is 3.25. The lowest BCUT2D eigenvalue weighted by Gasteiger charge is -2.16. The van der Waals surface area contributed by atoms with E-state index in [-0.39, 0.29) is 11.7 Å². The maximum absolute atomic E-state index is 12.7. The highest BCUT2D eigenvalue weighted by molar-refractivity contribution is 7.97. The number of fused-ring (bicyclic) bond motifs is 1. The normalized spacial score (nSPS) is 12.0. The zero-order valence-corrected chi connectivity index (χ0v) is 17.0. The van der Waals surface area contributed by atoms with Crippen LogP contribution in [0.25, 0.3) is 11.0 Å². The van der Waals surface area contributed by atoms with Crippen molar-refractivity contribution in [1.82, 2.24) is 4.90 Å². The molecule has 3 rings (SSSR count). The van der Waals surface area contributed by atoms with Crippen LogP contribution in [0.5, 0.6) is 0 Å². The van der Waals surface area contributed by atoms with Crippen molar-refractivity contribution in [3.63, 3.8) is 0 Å². The molecule has 0 aliphatic heterocycles. The quantitative estimate of drug-likeness (QED) is 0.550. The molecule has 0 bridgehead atoms. The van der Waals surface area contributed by atoms with Gasteiger partial charge in [0.2, 0.25) is 5.76 Å². The molecule has 0 saturated heterocycles. The van der Waals surface area contributed by atoms with Crippen molar-refractivity contribution >= 4 is 34.6 Å². The molecule has 28 heavy (non-hydrogen) atoms. The van der Waals surface area contributed by atoms with E-state index in [9.17, 15) is 9.59 Å². The van der Waals surface area contributed by atoms with Crippen molar-refractivity contribution in [2.75, 3.05) is 14.1 Å². The number of likely N-dealkylation sites (N-methyl/N-ethyl adjacent to an activating group) is 1. The third-order valence-corrected chi connectivity index (χ3v) is 5.34. The second-order valence-corrected chi connectivity index (χ2v) is 7.65. The maximum Gasteiger partial charge on any atom is 0.375 e. The summed E-state index contributed by atoms with van der Waals surface area (Å²) in [6.45, 7) is 1.56. The van der Waals surface area contributed by atoms with Gasteiger partial charge in [-0.15, -0.1) is 0 Å². The molecule has 0 spiro atoms. The lowest BCUT2D eigenvalue weighted by Crippen LogP contribution is -2.35. The van der Waals surface area contributed by atoms with Crippen LogP contribution < -0.4 is 0 Å². The third kappa shape index (κ3) is 4.57. The molecule has 2 aromatic carbocycles. The molecule has 5 nitrogen and oxygen atoms in total. The number of esters is 1. The van der Waals surface area contributed by atoms with E-state index < -0.39 is 12.1 Å². The van der Waals surface area contributed by atoms with Gasteiger partial charge in [-0.1, -0.05) is 48.5 Å². The number of rotatable bonds is 7. The standard InChI is InChI=1S/C22H23NO4S/c1-15(21(24)23(2)3)26-22(25)20-18(17-11-7-8-12-19(17)27-20)14-28-13-16-9-5-4-6-10-16/h4-12,15H,13-14H2,1-3H3/t15-/m0/s1. The number of carbonyl (C=O) groups is 2. The second-order valence-electron chi connectivity index (χ2n) is 6.66. The number of nitrogens with zero attached hydrogens (tertiary/aromatic N) is 1. The first-order chi connectivity index (χ1) is 13.5. The smallest absolute Gasteiger partial charge is 0.375 e. The number of carbonyl (C=O) groups excluding carboxylic acids is 2. The molecule has 1 atom stereocenters. The number of benzene rings is 2. The fourth-order valence-electron chi connectivity index (χ4n) is 2.88. The average Bonchev–Trinajstić information content (AvgIpc) is 3.07. The van der Waals surface area contributed by atoms with E-state index >= 15 is 0 Å². The van der Waals surface area contributed by atoms with Gasteiger partial charge >= 0.3 is 5.97 Å². The van der Waals surface area contributed by atoms with E-state index in [4.69, 9.17) is 9.15 Å². The Morgan fingerprint density at radius 1 is 1.04 bits per heavy atom. The van der Waals surface area contributed by atoms with Crippen molar-refractivity contribution in [3.05, 3.63) is 71.5 Å². The second kappa shape index (κ2) is 8.97. The molecule has 1 aromatic heterocycles. The van der Waals surface area contributed by atoms with Crippen LogP contribution in [0, 0.1) is 0 Å². The van der Waals surface area contributed by atoms with Gasteiger partial charge in [0.05, 0.1) is 0 Å². The van der Waals surface area contributed by atoms with Crippen LogP contribution in [0.1, 0.15) is 28.6 Å². The largest absolute Gasteiger partial charge is 0.449 e. The number of amides is 1. The molecule has 146 valence electrons. The van der Waals surface area contributed by atoms with E-state index in [1.807, 2.05) is 42.5 Å². The number of furan rings is 1. The summed E-state index contributed by atoms with van der Waals surface area (Å²) in [4.78, 5) is 26.1. The lowest BCUT2D eigenvalue weighted by atomic mass is 10.1. The molecule has 0 aliphatic rings. The predicted molar refractivity (Wildman–Crippen MR) is 111 cm³/mol. The summed E-state index contributed by atoms with van der Waals surface area (Å²) in [6, 6.07) is 17.7. The van der Waals surface area contributed by atoms with Crippen LogP contribution in [0.2, 0.25) is 0 Å². The number of para-hydroxylation sites is 1. The SMILES string of the molecule is C[C@H](OC(=O)c1oc2ccccc2c1CSCc1ccccc1)C(=O)N(C)C. The van der Waals surface area contributed by atoms with Crippen LogP contribution in [0.15, 0.2) is 59.0 Å². The minimum absolute atomic E-state index is 0.167. The molecule has 0 aliphatic carbocycles. The molecule has 0 unspecified atom stereocenters. The van der Waals surface area contributed by atoms with Crippen molar-refractivity contribution in [2.24, 2.45) is 0 Å². The lowest BCUT2D eigenvalue weighted by molar-refractivity contribution is -0.137. The van der Waals surface area contributed by atoms with E-state index in [1.165, 1.54) is 10.5 Å². The highest BCUT2D eigenvalue weighted by atomic mass is 32.2. The number of hydrogen-bond acceptors (Lipinski definition) is 5. The molecule has 0 N–H and O–H groups in total. The van der Waals surface area contributed by atoms with E-state index in [1.54, 1.807) is 32.8 Å². The van der Waals surface area contributed by atoms with Gasteiger partial charge in [0, 0.05) is 36.6 Å². The maximum atomic E-state index is 12.7. The minimum Gasteiger partial charge on any atom is -0.449 e. The van der Waals surface area contributed by atoms with Crippen LogP contribution in [-0.4, -0.2) is 37.0 Å². The Hall–Kier alpha value is -2.73. The first kappa shape index (κ1) is 20.0. The molecule has 0 radical (unpaired) electrons. The van der Waals surface area contributed by atoms with Gasteiger partial charge in [-0.2, -0.15) is 11.8 Å². The van der Waals surface area contributed by atoms with E-state index in [0.717, 1.165) is 16.7 Å². The molecule has 1 heterocycles. The van der Waals surface area contributed by atoms with Gasteiger partial charge in [0.1, 0.15) is 5.58 Å². The first-order valence-electron chi connectivity index (χ1n) is 9.01. The zero-order valence-electron chi connectivity index (χ0n) is 16.2. The van der Waals surface area contributed by atoms with Gasteiger partial charge < -0.3 is 14.1 Å². The molecule has 1 amide bonds. The Bertz CT molecular complexity index is 965. The predicted octanol–water partition coefficient (Wildman–Crippen LogP) is 4.50. The minimum atomic E-state index is -0.875. The fraction of sp³-hybridized carbons (Fsp3) is 0.273. The van der Waals surface area contributed by atoms with Gasteiger partial charge in [-0.25, -0.2) is 4.79 Å². The highest BCUT2D eigenvalue weighted by Gasteiger charge is 2.26. The zero-order chi connectivity index (χ0) is 20.1. The summed E-state index contributed by atoms with van der Waals surface area (Å²) in [5.41, 5.74) is 2.65. The van der Waals surface area contributed by atoms with Crippen molar-refractivity contribution < 1.29 is 18.7 Å². The monoisotopic (exact) mass is 397 g/mol. The topological polar surface area (TPSA) is 59.8 Å². The summed E-state index contributed by atoms with van der Waals surface area (Å²) in [5.74, 6) is 0.704. The number of thioether (sulfide) groups is 1. The molecular weight excluding hydrogens is 374 g/mol.